The highest BCUT2D eigenvalue weighted by Crippen LogP contribution is 2.20. The van der Waals surface area contributed by atoms with Gasteiger partial charge in [-0.25, -0.2) is 4.79 Å². The van der Waals surface area contributed by atoms with Gasteiger partial charge in [0.2, 0.25) is 5.75 Å². The van der Waals surface area contributed by atoms with Gasteiger partial charge in [0.15, 0.2) is 5.69 Å². The Balaban J connectivity index is 1.75. The topological polar surface area (TPSA) is 153 Å². The monoisotopic (exact) mass is 433 g/mol. The summed E-state index contributed by atoms with van der Waals surface area (Å²) in [6.07, 6.45) is 3.14. The van der Waals surface area contributed by atoms with Crippen molar-refractivity contribution in [2.75, 3.05) is 0 Å². The van der Waals surface area contributed by atoms with E-state index in [2.05, 4.69) is 15.3 Å². The summed E-state index contributed by atoms with van der Waals surface area (Å²) >= 11 is 0. The number of nitrogens with one attached hydrogen (secondary N) is 3. The molecule has 164 valence electrons. The molecule has 0 unspecified atom stereocenters. The molecule has 32 heavy (non-hydrogen) atoms. The highest BCUT2D eigenvalue weighted by atomic mass is 16.3. The molecule has 0 bridgehead atoms. The average Bonchev–Trinajstić information content (AvgIpc) is 2.79. The highest BCUT2D eigenvalue weighted by molar-refractivity contribution is 6.09. The Bertz CT molecular complexity index is 1280. The quantitative estimate of drug-likeness (QED) is 0.360. The van der Waals surface area contributed by atoms with E-state index < -0.39 is 34.6 Å². The number of carbonyl (C=O) groups excluding carboxylic acids is 1. The third-order valence-electron chi connectivity index (χ3n) is 4.74. The summed E-state index contributed by atoms with van der Waals surface area (Å²) < 4.78 is 0. The number of hydrogen-bond acceptors (Lipinski definition) is 6. The minimum atomic E-state index is -1.04. The molecule has 1 amide bonds. The van der Waals surface area contributed by atoms with E-state index in [1.165, 1.54) is 6.20 Å². The molecule has 0 spiro atoms. The Morgan fingerprint density at radius 1 is 1.16 bits per heavy atom. The zero-order valence-corrected chi connectivity index (χ0v) is 17.3. The molecule has 9 nitrogen and oxygen atoms in total. The third kappa shape index (κ3) is 5.39. The molecule has 1 aromatic heterocycles. The first-order valence-electron chi connectivity index (χ1n) is 9.81. The van der Waals surface area contributed by atoms with Crippen LogP contribution in [0.15, 0.2) is 75.4 Å². The van der Waals surface area contributed by atoms with Crippen LogP contribution in [-0.4, -0.2) is 27.2 Å². The van der Waals surface area contributed by atoms with Crippen molar-refractivity contribution >= 4 is 17.7 Å². The lowest BCUT2D eigenvalue weighted by Gasteiger charge is -2.16. The van der Waals surface area contributed by atoms with Crippen LogP contribution in [0.5, 0.6) is 5.75 Å². The fraction of sp³-hybridized carbons (Fsp3) is 0.130. The Hall–Kier alpha value is -4.40. The van der Waals surface area contributed by atoms with Crippen LogP contribution in [0, 0.1) is 0 Å². The molecule has 3 aromatic rings. The largest absolute Gasteiger partial charge is 0.501 e. The SMILES string of the molecule is C[C@@H](NC(=O)c1[nH]c(=O)[nH]c(=O)c1O)c1cccc(/C(C=NCc2ccccc2)=C/N)c1. The Kier molecular flexibility index (Phi) is 7.02. The maximum atomic E-state index is 12.5. The van der Waals surface area contributed by atoms with Gasteiger partial charge >= 0.3 is 5.69 Å². The number of allylic oxidation sites excluding steroid dienone is 1. The van der Waals surface area contributed by atoms with E-state index in [-0.39, 0.29) is 0 Å². The third-order valence-corrected chi connectivity index (χ3v) is 4.74. The number of aromatic amines is 2. The summed E-state index contributed by atoms with van der Waals surface area (Å²) in [6.45, 7) is 2.25. The maximum absolute atomic E-state index is 12.5. The predicted octanol–water partition coefficient (Wildman–Crippen LogP) is 1.83. The first-order valence-corrected chi connectivity index (χ1v) is 9.81. The predicted molar refractivity (Wildman–Crippen MR) is 122 cm³/mol. The molecule has 2 aromatic carbocycles. The van der Waals surface area contributed by atoms with Crippen LogP contribution in [0.4, 0.5) is 0 Å². The second kappa shape index (κ2) is 10.1. The lowest BCUT2D eigenvalue weighted by Crippen LogP contribution is -2.32. The Labute approximate surface area is 183 Å². The van der Waals surface area contributed by atoms with Gasteiger partial charge in [0.05, 0.1) is 12.6 Å². The number of hydrogen-bond donors (Lipinski definition) is 5. The van der Waals surface area contributed by atoms with Crippen molar-refractivity contribution in [2.45, 2.75) is 19.5 Å². The normalized spacial score (nSPS) is 12.6. The number of aromatic nitrogens is 2. The lowest BCUT2D eigenvalue weighted by atomic mass is 10.0. The lowest BCUT2D eigenvalue weighted by molar-refractivity contribution is 0.0931. The van der Waals surface area contributed by atoms with Crippen molar-refractivity contribution in [1.29, 1.82) is 0 Å². The fourth-order valence-corrected chi connectivity index (χ4v) is 3.03. The van der Waals surface area contributed by atoms with E-state index in [0.29, 0.717) is 12.1 Å². The molecule has 9 heteroatoms. The first kappa shape index (κ1) is 22.3. The van der Waals surface area contributed by atoms with E-state index in [0.717, 1.165) is 16.7 Å². The van der Waals surface area contributed by atoms with Crippen molar-refractivity contribution in [3.05, 3.63) is 104 Å². The highest BCUT2D eigenvalue weighted by Gasteiger charge is 2.18. The van der Waals surface area contributed by atoms with Crippen LogP contribution in [-0.2, 0) is 6.54 Å². The van der Waals surface area contributed by atoms with Crippen molar-refractivity contribution in [2.24, 2.45) is 10.7 Å². The molecule has 0 aliphatic rings. The van der Waals surface area contributed by atoms with Gasteiger partial charge < -0.3 is 16.2 Å². The van der Waals surface area contributed by atoms with E-state index in [9.17, 15) is 19.5 Å². The maximum Gasteiger partial charge on any atom is 0.326 e. The van der Waals surface area contributed by atoms with Gasteiger partial charge in [0, 0.05) is 18.0 Å². The standard InChI is InChI=1S/C23H23N5O4/c1-14(26-21(30)19-20(29)22(31)28-23(32)27-19)16-8-5-9-17(10-16)18(11-24)13-25-12-15-6-3-2-4-7-15/h2-11,13-14,29H,12,24H2,1H3,(H,26,30)(H2,27,28,31,32)/b18-11+,25-13?/t14-/m1/s1. The number of rotatable bonds is 7. The molecule has 0 radical (unpaired) electrons. The second-order valence-corrected chi connectivity index (χ2v) is 7.03. The number of aliphatic imine (C=N–C) groups is 1. The molecule has 0 aliphatic heterocycles. The first-order chi connectivity index (χ1) is 15.4. The number of nitrogens with zero attached hydrogens (tertiary/aromatic N) is 1. The molecule has 0 fully saturated rings. The molecule has 0 saturated heterocycles. The van der Waals surface area contributed by atoms with Gasteiger partial charge in [0.1, 0.15) is 0 Å². The summed E-state index contributed by atoms with van der Waals surface area (Å²) in [5.41, 5.74) is 6.69. The zero-order valence-electron chi connectivity index (χ0n) is 17.3. The second-order valence-electron chi connectivity index (χ2n) is 7.03. The van der Waals surface area contributed by atoms with Crippen LogP contribution in [0.3, 0.4) is 0 Å². The molecule has 0 saturated carbocycles. The summed E-state index contributed by atoms with van der Waals surface area (Å²) in [5.74, 6) is -1.64. The van der Waals surface area contributed by atoms with E-state index in [1.54, 1.807) is 13.1 Å². The summed E-state index contributed by atoms with van der Waals surface area (Å²) in [5, 5.41) is 12.4. The average molecular weight is 433 g/mol. The fourth-order valence-electron chi connectivity index (χ4n) is 3.03. The molecule has 0 aliphatic carbocycles. The van der Waals surface area contributed by atoms with Crippen LogP contribution >= 0.6 is 0 Å². The van der Waals surface area contributed by atoms with Gasteiger partial charge in [0.25, 0.3) is 11.5 Å². The number of aromatic hydroxyl groups is 1. The molecule has 1 atom stereocenters. The van der Waals surface area contributed by atoms with Gasteiger partial charge in [-0.05, 0) is 29.7 Å². The number of amides is 1. The minimum absolute atomic E-state index is 0.495. The van der Waals surface area contributed by atoms with Gasteiger partial charge in [-0.3, -0.25) is 24.5 Å². The van der Waals surface area contributed by atoms with Crippen LogP contribution in [0.1, 0.15) is 40.1 Å². The number of carbonyl (C=O) groups is 1. The van der Waals surface area contributed by atoms with Crippen LogP contribution in [0.25, 0.3) is 5.57 Å². The molecule has 6 N–H and O–H groups in total. The summed E-state index contributed by atoms with van der Waals surface area (Å²) in [7, 11) is 0. The van der Waals surface area contributed by atoms with Crippen molar-refractivity contribution in [1.82, 2.24) is 15.3 Å². The van der Waals surface area contributed by atoms with Crippen LogP contribution < -0.4 is 22.3 Å². The number of nitrogens with two attached hydrogens (primary N) is 1. The minimum Gasteiger partial charge on any atom is -0.501 e. The van der Waals surface area contributed by atoms with Gasteiger partial charge in [-0.2, -0.15) is 0 Å². The van der Waals surface area contributed by atoms with Crippen molar-refractivity contribution in [3.8, 4) is 5.75 Å². The smallest absolute Gasteiger partial charge is 0.326 e. The molecule has 1 heterocycles. The van der Waals surface area contributed by atoms with E-state index in [4.69, 9.17) is 5.73 Å². The van der Waals surface area contributed by atoms with Gasteiger partial charge in [-0.1, -0.05) is 48.5 Å². The molecular weight excluding hydrogens is 410 g/mol. The van der Waals surface area contributed by atoms with E-state index in [1.807, 2.05) is 59.6 Å². The Morgan fingerprint density at radius 2 is 1.91 bits per heavy atom. The summed E-state index contributed by atoms with van der Waals surface area (Å²) in [4.78, 5) is 43.8. The van der Waals surface area contributed by atoms with E-state index >= 15 is 0 Å². The molecule has 3 rings (SSSR count). The number of benzene rings is 2. The van der Waals surface area contributed by atoms with Crippen molar-refractivity contribution < 1.29 is 9.90 Å². The zero-order chi connectivity index (χ0) is 23.1. The van der Waals surface area contributed by atoms with Crippen molar-refractivity contribution in [3.63, 3.8) is 0 Å². The number of H-pyrrole nitrogens is 2. The molecular formula is C23H23N5O4. The van der Waals surface area contributed by atoms with Crippen LogP contribution in [0.2, 0.25) is 0 Å². The summed E-state index contributed by atoms with van der Waals surface area (Å²) in [6, 6.07) is 16.7. The van der Waals surface area contributed by atoms with Gasteiger partial charge in [-0.15, -0.1) is 0 Å². The Morgan fingerprint density at radius 3 is 2.62 bits per heavy atom.